The summed E-state index contributed by atoms with van der Waals surface area (Å²) in [6.07, 6.45) is 8.77. The van der Waals surface area contributed by atoms with E-state index >= 15 is 0 Å². The number of nitrogens with one attached hydrogen (secondary N) is 2. The van der Waals surface area contributed by atoms with E-state index in [1.807, 2.05) is 60.9 Å². The lowest BCUT2D eigenvalue weighted by molar-refractivity contribution is -0.949. The maximum absolute atomic E-state index is 11.0. The average molecular weight is 893 g/mol. The number of piperidine rings is 6. The van der Waals surface area contributed by atoms with Crippen molar-refractivity contribution in [2.24, 2.45) is 23.7 Å². The highest BCUT2D eigenvalue weighted by molar-refractivity contribution is 5.83. The molecular weight excluding hydrogens is 833 g/mol. The number of benzene rings is 4. The number of aliphatic hydroxyl groups excluding tert-OH is 4. The Hall–Kier alpha value is -6.12. The summed E-state index contributed by atoms with van der Waals surface area (Å²) < 4.78 is 0. The fourth-order valence-corrected chi connectivity index (χ4v) is 10.5. The summed E-state index contributed by atoms with van der Waals surface area (Å²) in [6, 6.07) is 37.0. The Labute approximate surface area is 385 Å². The zero-order valence-electron chi connectivity index (χ0n) is 37.0. The average Bonchev–Trinajstić information content (AvgIpc) is 3.38. The van der Waals surface area contributed by atoms with Gasteiger partial charge in [-0.3, -0.25) is 9.97 Å². The molecule has 4 aromatic carbocycles. The lowest BCUT2D eigenvalue weighted by atomic mass is 9.73. The summed E-state index contributed by atoms with van der Waals surface area (Å²) in [5.74, 6) is -0.305. The van der Waals surface area contributed by atoms with Crippen LogP contribution in [0.5, 0.6) is 0 Å². The molecule has 6 aromatic rings. The lowest BCUT2D eigenvalue weighted by Crippen LogP contribution is -3.20. The van der Waals surface area contributed by atoms with Gasteiger partial charge in [-0.1, -0.05) is 109 Å². The number of hydrogen-bond donors (Lipinski definition) is 6. The molecule has 0 aliphatic carbocycles. The predicted molar refractivity (Wildman–Crippen MR) is 248 cm³/mol. The summed E-state index contributed by atoms with van der Waals surface area (Å²) >= 11 is 0. The van der Waals surface area contributed by atoms with Crippen LogP contribution in [0, 0.1) is 23.7 Å². The Morgan fingerprint density at radius 1 is 0.561 bits per heavy atom. The minimum Gasteiger partial charge on any atom is -0.547 e. The Morgan fingerprint density at radius 2 is 0.924 bits per heavy atom. The molecule has 2 aromatic heterocycles. The first-order valence-corrected chi connectivity index (χ1v) is 22.8. The Bertz CT molecular complexity index is 2370. The van der Waals surface area contributed by atoms with Gasteiger partial charge in [-0.05, 0) is 58.4 Å². The molecule has 6 saturated heterocycles. The number of fused-ring (bicyclic) bond motifs is 8. The molecule has 12 heteroatoms. The van der Waals surface area contributed by atoms with Crippen LogP contribution in [0.15, 0.2) is 159 Å². The molecular formula is C54H60N4O8. The van der Waals surface area contributed by atoms with E-state index in [4.69, 9.17) is 10.2 Å². The number of rotatable bonds is 10. The van der Waals surface area contributed by atoms with Gasteiger partial charge in [-0.25, -0.2) is 0 Å². The summed E-state index contributed by atoms with van der Waals surface area (Å²) in [6.45, 7) is 12.6. The number of aromatic nitrogens is 2. The normalized spacial score (nSPS) is 25.5. The van der Waals surface area contributed by atoms with Gasteiger partial charge in [0.2, 0.25) is 0 Å². The van der Waals surface area contributed by atoms with Crippen molar-refractivity contribution >= 4 is 33.7 Å². The highest BCUT2D eigenvalue weighted by Gasteiger charge is 2.47. The second-order valence-electron chi connectivity index (χ2n) is 17.8. The van der Waals surface area contributed by atoms with Crippen LogP contribution in [0.25, 0.3) is 21.8 Å². The van der Waals surface area contributed by atoms with Crippen LogP contribution in [0.4, 0.5) is 0 Å². The molecule has 344 valence electrons. The largest absolute Gasteiger partial charge is 0.547 e. The quantitative estimate of drug-likeness (QED) is 0.111. The first-order chi connectivity index (χ1) is 32.0. The number of carbonyl (C=O) groups is 2. The summed E-state index contributed by atoms with van der Waals surface area (Å²) in [7, 11) is 0. The van der Waals surface area contributed by atoms with Gasteiger partial charge < -0.3 is 50.0 Å². The highest BCUT2D eigenvalue weighted by Crippen LogP contribution is 2.35. The van der Waals surface area contributed by atoms with Gasteiger partial charge in [-0.2, -0.15) is 0 Å². The van der Waals surface area contributed by atoms with E-state index < -0.39 is 36.4 Å². The highest BCUT2D eigenvalue weighted by atomic mass is 16.4. The summed E-state index contributed by atoms with van der Waals surface area (Å²) in [5.41, 5.74) is 4.68. The van der Waals surface area contributed by atoms with Crippen LogP contribution in [0.1, 0.15) is 72.4 Å². The molecule has 0 amide bonds. The van der Waals surface area contributed by atoms with Crippen molar-refractivity contribution in [1.82, 2.24) is 9.97 Å². The van der Waals surface area contributed by atoms with Crippen molar-refractivity contribution in [3.63, 3.8) is 0 Å². The van der Waals surface area contributed by atoms with Gasteiger partial charge in [0.05, 0.1) is 49.2 Å². The minimum absolute atomic E-state index is 0.306. The number of para-hydroxylation sites is 2. The number of carboxylic acid groups (broad SMARTS) is 2. The fraction of sp³-hybridized carbons (Fsp3) is 0.333. The molecule has 6 fully saturated rings. The van der Waals surface area contributed by atoms with Gasteiger partial charge in [0.25, 0.3) is 0 Å². The Balaban J connectivity index is 0.000000138. The molecule has 66 heavy (non-hydrogen) atoms. The van der Waals surface area contributed by atoms with E-state index in [1.165, 1.54) is 50.2 Å². The van der Waals surface area contributed by atoms with E-state index in [0.29, 0.717) is 46.9 Å². The number of aliphatic carboxylic acids is 2. The Kier molecular flexibility index (Phi) is 16.2. The van der Waals surface area contributed by atoms with E-state index in [-0.39, 0.29) is 0 Å². The van der Waals surface area contributed by atoms with Crippen molar-refractivity contribution < 1.29 is 50.0 Å². The summed E-state index contributed by atoms with van der Waals surface area (Å²) in [5, 5.41) is 62.4. The van der Waals surface area contributed by atoms with E-state index in [2.05, 4.69) is 47.4 Å². The second kappa shape index (κ2) is 22.4. The summed E-state index contributed by atoms with van der Waals surface area (Å²) in [4.78, 5) is 32.2. The third-order valence-electron chi connectivity index (χ3n) is 14.1. The maximum atomic E-state index is 11.0. The first kappa shape index (κ1) is 47.8. The molecule has 8 heterocycles. The SMILES string of the molecule is C=C[C@H]1C[NH+]2CC[C@H]1C[C@H]2[C@H](O)c1ccnc2ccccc12.C=C[C@H]1C[NH+]2CC[C@H]1C[C@H]2[C@H](O)c1ccnc2ccccc12.O=C([O-])[C@H](O)c1ccccc1.O=C([O-])[C@H](O)c1ccccc1. The number of pyridine rings is 2. The van der Waals surface area contributed by atoms with Crippen molar-refractivity contribution in [2.45, 2.75) is 62.2 Å². The molecule has 0 saturated carbocycles. The molecule has 0 radical (unpaired) electrons. The third kappa shape index (κ3) is 11.1. The molecule has 0 spiro atoms. The number of nitrogens with zero attached hydrogens (tertiary/aromatic N) is 2. The van der Waals surface area contributed by atoms with Crippen LogP contribution in [0.3, 0.4) is 0 Å². The molecule has 12 nitrogen and oxygen atoms in total. The zero-order valence-corrected chi connectivity index (χ0v) is 37.0. The predicted octanol–water partition coefficient (Wildman–Crippen LogP) is 2.43. The van der Waals surface area contributed by atoms with E-state index in [1.54, 1.807) is 46.2 Å². The van der Waals surface area contributed by atoms with Crippen LogP contribution < -0.4 is 20.0 Å². The molecule has 6 aliphatic heterocycles. The monoisotopic (exact) mass is 892 g/mol. The van der Waals surface area contributed by atoms with Crippen LogP contribution in [-0.2, 0) is 9.59 Å². The van der Waals surface area contributed by atoms with Crippen molar-refractivity contribution in [1.29, 1.82) is 0 Å². The van der Waals surface area contributed by atoms with Gasteiger partial charge in [0.1, 0.15) is 36.5 Å². The molecule has 2 unspecified atom stereocenters. The molecule has 12 atom stereocenters. The van der Waals surface area contributed by atoms with Crippen LogP contribution in [0.2, 0.25) is 0 Å². The van der Waals surface area contributed by atoms with Crippen LogP contribution >= 0.6 is 0 Å². The number of carboxylic acids is 2. The van der Waals surface area contributed by atoms with Crippen molar-refractivity contribution in [2.75, 3.05) is 26.2 Å². The minimum atomic E-state index is -1.52. The second-order valence-corrected chi connectivity index (χ2v) is 17.8. The van der Waals surface area contributed by atoms with Gasteiger partial charge in [-0.15, -0.1) is 13.2 Å². The standard InChI is InChI=1S/2C19H22N2O.2C8H8O3/c2*1-2-13-12-21-10-8-14(13)11-18(21)19(22)16-7-9-20-17-6-4-3-5-15(16)17;2*9-7(8(10)11)6-4-2-1-3-5-6/h2*2-7,9,13-14,18-19,22H,1,8,10-12H2;2*1-5,7,9H,(H,10,11)/t2*13-,14-,18-,19+;2*7-/m0011/s1. The third-order valence-corrected chi connectivity index (χ3v) is 14.1. The molecule has 6 aliphatic rings. The lowest BCUT2D eigenvalue weighted by Gasteiger charge is -2.47. The van der Waals surface area contributed by atoms with Crippen molar-refractivity contribution in [3.8, 4) is 0 Å². The number of hydrogen-bond acceptors (Lipinski definition) is 10. The van der Waals surface area contributed by atoms with Gasteiger partial charge >= 0.3 is 0 Å². The van der Waals surface area contributed by atoms with Crippen LogP contribution in [-0.4, -0.2) is 80.6 Å². The number of carbonyl (C=O) groups excluding carboxylic acids is 2. The van der Waals surface area contributed by atoms with Crippen molar-refractivity contribution in [3.05, 3.63) is 181 Å². The van der Waals surface area contributed by atoms with Gasteiger partial charge in [0.15, 0.2) is 0 Å². The maximum Gasteiger partial charge on any atom is 0.131 e. The van der Waals surface area contributed by atoms with E-state index in [9.17, 15) is 30.0 Å². The topological polar surface area (TPSA) is 196 Å². The number of quaternary nitrogens is 2. The van der Waals surface area contributed by atoms with E-state index in [0.717, 1.165) is 58.9 Å². The molecule has 4 bridgehead atoms. The smallest absolute Gasteiger partial charge is 0.131 e. The van der Waals surface area contributed by atoms with Gasteiger partial charge in [0, 0.05) is 60.7 Å². The first-order valence-electron chi connectivity index (χ1n) is 22.8. The molecule has 6 N–H and O–H groups in total. The zero-order chi connectivity index (χ0) is 46.7. The fourth-order valence-electron chi connectivity index (χ4n) is 10.5. The number of aliphatic hydroxyl groups is 4. The Morgan fingerprint density at radius 3 is 1.26 bits per heavy atom. The molecule has 12 rings (SSSR count).